The largest absolute Gasteiger partial charge is 0.380 e. The van der Waals surface area contributed by atoms with Gasteiger partial charge in [0.1, 0.15) is 0 Å². The number of aryl methyl sites for hydroxylation is 1. The van der Waals surface area contributed by atoms with Crippen LogP contribution in [0.3, 0.4) is 0 Å². The van der Waals surface area contributed by atoms with Crippen LogP contribution in [0.25, 0.3) is 0 Å². The second-order valence-electron chi connectivity index (χ2n) is 5.34. The van der Waals surface area contributed by atoms with Crippen LogP contribution in [0, 0.1) is 6.92 Å². The highest BCUT2D eigenvalue weighted by atomic mass is 35.5. The van der Waals surface area contributed by atoms with Gasteiger partial charge in [0.2, 0.25) is 5.91 Å². The highest BCUT2D eigenvalue weighted by Gasteiger charge is 2.19. The molecular weight excluding hydrogens is 288 g/mol. The number of nitrogens with two attached hydrogens (primary N) is 1. The number of carbonyl (C=O) groups is 1. The van der Waals surface area contributed by atoms with Gasteiger partial charge >= 0.3 is 0 Å². The van der Waals surface area contributed by atoms with Crippen molar-refractivity contribution in [2.75, 3.05) is 20.7 Å². The number of ether oxygens (including phenoxy) is 1. The number of benzene rings is 1. The van der Waals surface area contributed by atoms with Crippen LogP contribution in [0.2, 0.25) is 0 Å². The Balaban J connectivity index is 0.00000400. The molecule has 120 valence electrons. The predicted octanol–water partition coefficient (Wildman–Crippen LogP) is 2.17. The minimum atomic E-state index is -0.198. The lowest BCUT2D eigenvalue weighted by molar-refractivity contribution is -0.134. The molecule has 2 atom stereocenters. The first-order valence-electron chi connectivity index (χ1n) is 7.02. The number of nitrogens with zero attached hydrogens (tertiary/aromatic N) is 1. The van der Waals surface area contributed by atoms with Crippen LogP contribution in [0.5, 0.6) is 0 Å². The standard InChI is InChI=1S/C16H26N2O2.ClH/c1-12-5-7-14(8-6-12)9-13(2)18(3)16(19)10-15(11-17)20-4;/h5-8,13,15H,9-11,17H2,1-4H3;1H. The molecule has 0 bridgehead atoms. The summed E-state index contributed by atoms with van der Waals surface area (Å²) in [5.41, 5.74) is 8.04. The fraction of sp³-hybridized carbons (Fsp3) is 0.562. The lowest BCUT2D eigenvalue weighted by atomic mass is 10.0. The molecule has 0 saturated carbocycles. The van der Waals surface area contributed by atoms with Crippen LogP contribution in [-0.4, -0.2) is 43.7 Å². The number of carbonyl (C=O) groups excluding carboxylic acids is 1. The van der Waals surface area contributed by atoms with Crippen LogP contribution in [0.4, 0.5) is 0 Å². The van der Waals surface area contributed by atoms with E-state index in [-0.39, 0.29) is 30.5 Å². The molecule has 0 spiro atoms. The van der Waals surface area contributed by atoms with Gasteiger partial charge in [0.15, 0.2) is 0 Å². The van der Waals surface area contributed by atoms with Crippen molar-refractivity contribution in [1.29, 1.82) is 0 Å². The molecule has 0 aliphatic heterocycles. The Morgan fingerprint density at radius 3 is 2.38 bits per heavy atom. The molecule has 2 N–H and O–H groups in total. The van der Waals surface area contributed by atoms with Gasteiger partial charge in [0.25, 0.3) is 0 Å². The number of hydrogen-bond acceptors (Lipinski definition) is 3. The lowest BCUT2D eigenvalue weighted by Crippen LogP contribution is -2.39. The molecular formula is C16H27ClN2O2. The summed E-state index contributed by atoms with van der Waals surface area (Å²) in [4.78, 5) is 13.9. The summed E-state index contributed by atoms with van der Waals surface area (Å²) in [7, 11) is 3.42. The summed E-state index contributed by atoms with van der Waals surface area (Å²) < 4.78 is 5.16. The zero-order valence-electron chi connectivity index (χ0n) is 13.3. The van der Waals surface area contributed by atoms with Crippen LogP contribution >= 0.6 is 12.4 Å². The Kier molecular flexibility index (Phi) is 9.26. The molecule has 0 aromatic heterocycles. The van der Waals surface area contributed by atoms with Crippen LogP contribution in [0.1, 0.15) is 24.5 Å². The molecule has 0 saturated heterocycles. The third kappa shape index (κ3) is 6.46. The second kappa shape index (κ2) is 9.77. The predicted molar refractivity (Wildman–Crippen MR) is 88.8 cm³/mol. The third-order valence-electron chi connectivity index (χ3n) is 3.70. The number of methoxy groups -OCH3 is 1. The molecule has 0 aliphatic rings. The first kappa shape index (κ1) is 19.9. The highest BCUT2D eigenvalue weighted by molar-refractivity contribution is 5.85. The van der Waals surface area contributed by atoms with E-state index in [0.717, 1.165) is 6.42 Å². The fourth-order valence-electron chi connectivity index (χ4n) is 2.05. The van der Waals surface area contributed by atoms with Gasteiger partial charge in [-0.25, -0.2) is 0 Å². The number of hydrogen-bond donors (Lipinski definition) is 1. The Morgan fingerprint density at radius 1 is 1.33 bits per heavy atom. The van der Waals surface area contributed by atoms with E-state index in [9.17, 15) is 4.79 Å². The Labute approximate surface area is 134 Å². The molecule has 0 aliphatic carbocycles. The smallest absolute Gasteiger partial charge is 0.225 e. The molecule has 0 fully saturated rings. The molecule has 0 heterocycles. The van der Waals surface area contributed by atoms with E-state index >= 15 is 0 Å². The van der Waals surface area contributed by atoms with E-state index in [1.807, 2.05) is 7.05 Å². The summed E-state index contributed by atoms with van der Waals surface area (Å²) in [6, 6.07) is 8.57. The maximum atomic E-state index is 12.1. The molecule has 1 aromatic rings. The van der Waals surface area contributed by atoms with Crippen LogP contribution < -0.4 is 5.73 Å². The minimum Gasteiger partial charge on any atom is -0.380 e. The summed E-state index contributed by atoms with van der Waals surface area (Å²) in [6.07, 6.45) is 0.987. The van der Waals surface area contributed by atoms with Crippen molar-refractivity contribution in [3.63, 3.8) is 0 Å². The normalized spacial score (nSPS) is 13.2. The number of likely N-dealkylation sites (N-methyl/N-ethyl adjacent to an activating group) is 1. The van der Waals surface area contributed by atoms with E-state index in [4.69, 9.17) is 10.5 Å². The molecule has 1 rings (SSSR count). The van der Waals surface area contributed by atoms with Gasteiger partial charge in [-0.15, -0.1) is 12.4 Å². The van der Waals surface area contributed by atoms with Gasteiger partial charge in [-0.05, 0) is 25.8 Å². The van der Waals surface area contributed by atoms with E-state index in [1.165, 1.54) is 11.1 Å². The number of rotatable bonds is 7. The van der Waals surface area contributed by atoms with Crippen molar-refractivity contribution >= 4 is 18.3 Å². The topological polar surface area (TPSA) is 55.6 Å². The van der Waals surface area contributed by atoms with Crippen molar-refractivity contribution in [3.8, 4) is 0 Å². The van der Waals surface area contributed by atoms with E-state index in [2.05, 4.69) is 38.1 Å². The minimum absolute atomic E-state index is 0. The van der Waals surface area contributed by atoms with Gasteiger partial charge in [0.05, 0.1) is 12.5 Å². The molecule has 4 nitrogen and oxygen atoms in total. The second-order valence-corrected chi connectivity index (χ2v) is 5.34. The van der Waals surface area contributed by atoms with E-state index < -0.39 is 0 Å². The van der Waals surface area contributed by atoms with Crippen molar-refractivity contribution in [2.45, 2.75) is 38.8 Å². The van der Waals surface area contributed by atoms with Gasteiger partial charge < -0.3 is 15.4 Å². The molecule has 1 aromatic carbocycles. The number of amides is 1. The molecule has 21 heavy (non-hydrogen) atoms. The average molecular weight is 315 g/mol. The van der Waals surface area contributed by atoms with Crippen molar-refractivity contribution in [1.82, 2.24) is 4.90 Å². The highest BCUT2D eigenvalue weighted by Crippen LogP contribution is 2.11. The lowest BCUT2D eigenvalue weighted by Gasteiger charge is -2.26. The quantitative estimate of drug-likeness (QED) is 0.839. The average Bonchev–Trinajstić information content (AvgIpc) is 2.45. The van der Waals surface area contributed by atoms with Crippen LogP contribution in [-0.2, 0) is 16.0 Å². The molecule has 2 unspecified atom stereocenters. The van der Waals surface area contributed by atoms with E-state index in [0.29, 0.717) is 13.0 Å². The number of halogens is 1. The Hall–Kier alpha value is -1.10. The summed E-state index contributed by atoms with van der Waals surface area (Å²) in [5.74, 6) is 0.0712. The zero-order chi connectivity index (χ0) is 15.1. The SMILES string of the molecule is COC(CN)CC(=O)N(C)C(C)Cc1ccc(C)cc1.Cl. The maximum absolute atomic E-state index is 12.1. The van der Waals surface area contributed by atoms with Crippen molar-refractivity contribution < 1.29 is 9.53 Å². The monoisotopic (exact) mass is 314 g/mol. The zero-order valence-corrected chi connectivity index (χ0v) is 14.2. The van der Waals surface area contributed by atoms with Gasteiger partial charge in [-0.3, -0.25) is 4.79 Å². The molecule has 1 amide bonds. The summed E-state index contributed by atoms with van der Waals surface area (Å²) in [5, 5.41) is 0. The molecule has 0 radical (unpaired) electrons. The first-order valence-corrected chi connectivity index (χ1v) is 7.02. The third-order valence-corrected chi connectivity index (χ3v) is 3.70. The van der Waals surface area contributed by atoms with Gasteiger partial charge in [0, 0.05) is 26.7 Å². The van der Waals surface area contributed by atoms with E-state index in [1.54, 1.807) is 12.0 Å². The summed E-state index contributed by atoms with van der Waals surface area (Å²) >= 11 is 0. The van der Waals surface area contributed by atoms with Crippen molar-refractivity contribution in [3.05, 3.63) is 35.4 Å². The maximum Gasteiger partial charge on any atom is 0.225 e. The Morgan fingerprint density at radius 2 is 1.90 bits per heavy atom. The van der Waals surface area contributed by atoms with Crippen LogP contribution in [0.15, 0.2) is 24.3 Å². The first-order chi connectivity index (χ1) is 9.47. The van der Waals surface area contributed by atoms with Crippen molar-refractivity contribution in [2.24, 2.45) is 5.73 Å². The van der Waals surface area contributed by atoms with Gasteiger partial charge in [-0.1, -0.05) is 29.8 Å². The Bertz CT molecular complexity index is 419. The molecule has 5 heteroatoms. The van der Waals surface area contributed by atoms with Gasteiger partial charge in [-0.2, -0.15) is 0 Å². The summed E-state index contributed by atoms with van der Waals surface area (Å²) in [6.45, 7) is 4.49. The fourth-order valence-corrected chi connectivity index (χ4v) is 2.05.